The highest BCUT2D eigenvalue weighted by Gasteiger charge is 2.28. The van der Waals surface area contributed by atoms with Gasteiger partial charge in [0.1, 0.15) is 5.76 Å². The summed E-state index contributed by atoms with van der Waals surface area (Å²) in [5, 5.41) is 5.64. The second-order valence-electron chi connectivity index (χ2n) is 9.95. The smallest absolute Gasteiger partial charge is 0.255 e. The first-order chi connectivity index (χ1) is 19.8. The van der Waals surface area contributed by atoms with E-state index in [1.165, 1.54) is 4.31 Å². The van der Waals surface area contributed by atoms with E-state index in [0.29, 0.717) is 60.2 Å². The normalized spacial score (nSPS) is 14.5. The van der Waals surface area contributed by atoms with Crippen molar-refractivity contribution in [3.8, 4) is 0 Å². The molecule has 0 spiro atoms. The van der Waals surface area contributed by atoms with E-state index < -0.39 is 10.0 Å². The van der Waals surface area contributed by atoms with Gasteiger partial charge in [0.15, 0.2) is 0 Å². The average Bonchev–Trinajstić information content (AvgIpc) is 3.51. The van der Waals surface area contributed by atoms with E-state index in [1.807, 2.05) is 31.2 Å². The molecule has 41 heavy (non-hydrogen) atoms. The van der Waals surface area contributed by atoms with Gasteiger partial charge in [0.2, 0.25) is 10.0 Å². The van der Waals surface area contributed by atoms with Gasteiger partial charge in [-0.15, -0.1) is 0 Å². The zero-order chi connectivity index (χ0) is 28.8. The van der Waals surface area contributed by atoms with Crippen LogP contribution in [0.5, 0.6) is 0 Å². The molecule has 0 bridgehead atoms. The number of carbonyl (C=O) groups is 2. The lowest BCUT2D eigenvalue weighted by molar-refractivity contribution is 0.0949. The van der Waals surface area contributed by atoms with E-state index in [2.05, 4.69) is 15.5 Å². The number of hydrogen-bond donors (Lipinski definition) is 2. The molecule has 0 aliphatic carbocycles. The van der Waals surface area contributed by atoms with Crippen molar-refractivity contribution in [2.24, 2.45) is 0 Å². The number of piperazine rings is 1. The number of nitrogens with zero attached hydrogens (tertiary/aromatic N) is 2. The first kappa shape index (κ1) is 28.3. The number of anilines is 1. The van der Waals surface area contributed by atoms with Crippen LogP contribution in [0.25, 0.3) is 0 Å². The van der Waals surface area contributed by atoms with Gasteiger partial charge in [-0.05, 0) is 61.0 Å². The fourth-order valence-electron chi connectivity index (χ4n) is 4.67. The van der Waals surface area contributed by atoms with Gasteiger partial charge in [0.05, 0.1) is 29.0 Å². The fourth-order valence-corrected chi connectivity index (χ4v) is 6.09. The monoisotopic (exact) mass is 572 g/mol. The van der Waals surface area contributed by atoms with Crippen LogP contribution >= 0.6 is 0 Å². The lowest BCUT2D eigenvalue weighted by Crippen LogP contribution is -2.48. The highest BCUT2D eigenvalue weighted by Crippen LogP contribution is 2.20. The van der Waals surface area contributed by atoms with E-state index in [4.69, 9.17) is 4.42 Å². The van der Waals surface area contributed by atoms with Crippen LogP contribution in [0, 0.1) is 6.92 Å². The molecule has 9 nitrogen and oxygen atoms in total. The molecule has 0 saturated carbocycles. The van der Waals surface area contributed by atoms with E-state index in [0.717, 1.165) is 11.1 Å². The van der Waals surface area contributed by atoms with E-state index in [1.54, 1.807) is 66.9 Å². The van der Waals surface area contributed by atoms with Crippen LogP contribution in [-0.4, -0.2) is 55.6 Å². The molecule has 1 fully saturated rings. The molecule has 2 heterocycles. The Labute approximate surface area is 239 Å². The number of carbonyl (C=O) groups excluding carboxylic acids is 2. The second-order valence-corrected chi connectivity index (χ2v) is 11.9. The van der Waals surface area contributed by atoms with Crippen LogP contribution < -0.4 is 10.6 Å². The van der Waals surface area contributed by atoms with Crippen LogP contribution in [0.4, 0.5) is 5.69 Å². The van der Waals surface area contributed by atoms with Crippen molar-refractivity contribution in [1.82, 2.24) is 14.5 Å². The molecule has 0 radical (unpaired) electrons. The fraction of sp³-hybridized carbons (Fsp3) is 0.226. The molecule has 0 unspecified atom stereocenters. The summed E-state index contributed by atoms with van der Waals surface area (Å²) >= 11 is 0. The molecular formula is C31H32N4O5S. The third-order valence-electron chi connectivity index (χ3n) is 7.04. The van der Waals surface area contributed by atoms with Gasteiger partial charge in [-0.2, -0.15) is 4.31 Å². The Morgan fingerprint density at radius 3 is 2.22 bits per heavy atom. The Morgan fingerprint density at radius 2 is 1.54 bits per heavy atom. The molecule has 0 atom stereocenters. The lowest BCUT2D eigenvalue weighted by atomic mass is 10.1. The quantitative estimate of drug-likeness (QED) is 0.310. The highest BCUT2D eigenvalue weighted by molar-refractivity contribution is 7.89. The molecule has 3 aromatic carbocycles. The van der Waals surface area contributed by atoms with Gasteiger partial charge in [-0.3, -0.25) is 14.5 Å². The Hall–Kier alpha value is -4.25. The van der Waals surface area contributed by atoms with E-state index in [-0.39, 0.29) is 18.4 Å². The Kier molecular flexibility index (Phi) is 8.63. The topological polar surface area (TPSA) is 112 Å². The summed E-state index contributed by atoms with van der Waals surface area (Å²) in [6, 6.07) is 24.6. The minimum atomic E-state index is -3.51. The number of benzene rings is 3. The Morgan fingerprint density at radius 1 is 0.829 bits per heavy atom. The van der Waals surface area contributed by atoms with Gasteiger partial charge < -0.3 is 15.1 Å². The van der Waals surface area contributed by atoms with Crippen molar-refractivity contribution in [3.05, 3.63) is 119 Å². The third-order valence-corrected chi connectivity index (χ3v) is 8.95. The molecule has 1 aliphatic heterocycles. The first-order valence-corrected chi connectivity index (χ1v) is 14.8. The van der Waals surface area contributed by atoms with Crippen molar-refractivity contribution < 1.29 is 22.4 Å². The SMILES string of the molecule is Cc1ccc(S(=O)(=O)N2CCN(Cc3ccc(C(=O)Nc4ccccc4C(=O)NCc4ccco4)cc3)CC2)cc1. The average molecular weight is 573 g/mol. The molecule has 5 rings (SSSR count). The number of nitrogens with one attached hydrogen (secondary N) is 2. The van der Waals surface area contributed by atoms with Gasteiger partial charge >= 0.3 is 0 Å². The van der Waals surface area contributed by atoms with Gasteiger partial charge in [-0.25, -0.2) is 8.42 Å². The standard InChI is InChI=1S/C31H32N4O5S/c1-23-8-14-27(15-9-23)41(38,39)35-18-16-34(17-19-35)22-24-10-12-25(13-11-24)30(36)33-29-7-3-2-6-28(29)31(37)32-21-26-5-4-20-40-26/h2-15,20H,16-19,21-22H2,1H3,(H,32,37)(H,33,36). The summed E-state index contributed by atoms with van der Waals surface area (Å²) in [6.07, 6.45) is 1.54. The summed E-state index contributed by atoms with van der Waals surface area (Å²) in [7, 11) is -3.51. The summed E-state index contributed by atoms with van der Waals surface area (Å²) in [5.41, 5.74) is 3.28. The van der Waals surface area contributed by atoms with Crippen molar-refractivity contribution in [2.75, 3.05) is 31.5 Å². The Bertz CT molecular complexity index is 1590. The molecule has 2 amide bonds. The van der Waals surface area contributed by atoms with Gasteiger partial charge in [0.25, 0.3) is 11.8 Å². The number of amides is 2. The van der Waals surface area contributed by atoms with Crippen LogP contribution in [0.1, 0.15) is 37.6 Å². The predicted molar refractivity (Wildman–Crippen MR) is 156 cm³/mol. The predicted octanol–water partition coefficient (Wildman–Crippen LogP) is 4.28. The van der Waals surface area contributed by atoms with Crippen LogP contribution in [0.15, 0.2) is 101 Å². The maximum absolute atomic E-state index is 13.0. The molecule has 4 aromatic rings. The van der Waals surface area contributed by atoms with E-state index >= 15 is 0 Å². The minimum absolute atomic E-state index is 0.243. The molecule has 212 valence electrons. The molecule has 1 aromatic heterocycles. The van der Waals surface area contributed by atoms with Crippen LogP contribution in [0.3, 0.4) is 0 Å². The van der Waals surface area contributed by atoms with Crippen LogP contribution in [-0.2, 0) is 23.1 Å². The summed E-state index contributed by atoms with van der Waals surface area (Å²) in [6.45, 7) is 4.90. The van der Waals surface area contributed by atoms with Gasteiger partial charge in [-0.1, -0.05) is 42.0 Å². The summed E-state index contributed by atoms with van der Waals surface area (Å²) < 4.78 is 32.8. The second kappa shape index (κ2) is 12.5. The number of hydrogen-bond acceptors (Lipinski definition) is 6. The van der Waals surface area contributed by atoms with Crippen molar-refractivity contribution in [3.63, 3.8) is 0 Å². The van der Waals surface area contributed by atoms with Gasteiger partial charge in [0, 0.05) is 38.3 Å². The largest absolute Gasteiger partial charge is 0.467 e. The Balaban J connectivity index is 1.14. The van der Waals surface area contributed by atoms with Crippen molar-refractivity contribution in [1.29, 1.82) is 0 Å². The number of sulfonamides is 1. The molecule has 10 heteroatoms. The zero-order valence-electron chi connectivity index (χ0n) is 22.7. The lowest BCUT2D eigenvalue weighted by Gasteiger charge is -2.34. The highest BCUT2D eigenvalue weighted by atomic mass is 32.2. The molecule has 1 aliphatic rings. The van der Waals surface area contributed by atoms with E-state index in [9.17, 15) is 18.0 Å². The van der Waals surface area contributed by atoms with Crippen molar-refractivity contribution >= 4 is 27.5 Å². The number of aryl methyl sites for hydroxylation is 1. The maximum Gasteiger partial charge on any atom is 0.255 e. The van der Waals surface area contributed by atoms with Crippen molar-refractivity contribution in [2.45, 2.75) is 24.9 Å². The number of para-hydroxylation sites is 1. The maximum atomic E-state index is 13.0. The summed E-state index contributed by atoms with van der Waals surface area (Å²) in [4.78, 5) is 28.2. The molecule has 1 saturated heterocycles. The number of furan rings is 1. The van der Waals surface area contributed by atoms with Crippen LogP contribution in [0.2, 0.25) is 0 Å². The molecular weight excluding hydrogens is 540 g/mol. The number of rotatable bonds is 9. The molecule has 2 N–H and O–H groups in total. The summed E-state index contributed by atoms with van der Waals surface area (Å²) in [5.74, 6) is -0.00807. The third kappa shape index (κ3) is 6.91. The first-order valence-electron chi connectivity index (χ1n) is 13.4. The minimum Gasteiger partial charge on any atom is -0.467 e. The zero-order valence-corrected chi connectivity index (χ0v) is 23.6.